The first-order valence-electron chi connectivity index (χ1n) is 5.96. The smallest absolute Gasteiger partial charge is 0.287 e. The molecular weight excluding hydrogens is 246 g/mol. The summed E-state index contributed by atoms with van der Waals surface area (Å²) < 4.78 is 1.78. The van der Waals surface area contributed by atoms with E-state index in [1.165, 1.54) is 12.3 Å². The number of anilines is 1. The average Bonchev–Trinajstić information content (AvgIpc) is 2.77. The number of pyridine rings is 1. The molecule has 0 aromatic carbocycles. The minimum atomic E-state index is -0.465. The fraction of sp³-hybridized carbons (Fsp3) is 0.333. The third-order valence-corrected chi connectivity index (χ3v) is 2.75. The molecule has 0 radical (unpaired) electrons. The van der Waals surface area contributed by atoms with E-state index >= 15 is 0 Å². The van der Waals surface area contributed by atoms with E-state index in [4.69, 9.17) is 0 Å². The van der Waals surface area contributed by atoms with Crippen molar-refractivity contribution in [2.24, 2.45) is 7.05 Å². The molecule has 100 valence electrons. The van der Waals surface area contributed by atoms with Crippen molar-refractivity contribution < 1.29 is 4.92 Å². The summed E-state index contributed by atoms with van der Waals surface area (Å²) in [6, 6.07) is 3.03. The first-order chi connectivity index (χ1) is 9.10. The molecule has 2 aromatic rings. The lowest BCUT2D eigenvalue weighted by Crippen LogP contribution is -2.02. The van der Waals surface area contributed by atoms with Gasteiger partial charge in [-0.2, -0.15) is 5.10 Å². The second kappa shape index (κ2) is 5.47. The molecule has 0 spiro atoms. The number of nitrogens with zero attached hydrogens (tertiary/aromatic N) is 4. The lowest BCUT2D eigenvalue weighted by molar-refractivity contribution is -0.385. The van der Waals surface area contributed by atoms with Crippen LogP contribution in [0.2, 0.25) is 0 Å². The van der Waals surface area contributed by atoms with E-state index in [1.807, 2.05) is 13.2 Å². The zero-order valence-electron chi connectivity index (χ0n) is 10.8. The van der Waals surface area contributed by atoms with Gasteiger partial charge in [-0.3, -0.25) is 14.8 Å². The minimum Gasteiger partial charge on any atom is -0.366 e. The molecule has 2 aromatic heterocycles. The van der Waals surface area contributed by atoms with Crippen LogP contribution >= 0.6 is 0 Å². The summed E-state index contributed by atoms with van der Waals surface area (Å²) in [5, 5.41) is 18.0. The number of aromatic nitrogens is 3. The third-order valence-electron chi connectivity index (χ3n) is 2.75. The highest BCUT2D eigenvalue weighted by molar-refractivity contribution is 5.40. The molecule has 0 aliphatic rings. The van der Waals surface area contributed by atoms with E-state index in [2.05, 4.69) is 22.3 Å². The quantitative estimate of drug-likeness (QED) is 0.656. The summed E-state index contributed by atoms with van der Waals surface area (Å²) in [6.07, 6.45) is 4.06. The Hall–Kier alpha value is -2.44. The largest absolute Gasteiger partial charge is 0.366 e. The van der Waals surface area contributed by atoms with E-state index in [9.17, 15) is 10.1 Å². The maximum atomic E-state index is 10.5. The van der Waals surface area contributed by atoms with Crippen molar-refractivity contribution in [1.29, 1.82) is 0 Å². The van der Waals surface area contributed by atoms with Crippen molar-refractivity contribution in [3.63, 3.8) is 0 Å². The standard InChI is InChI=1S/C12H15N5O2/c1-3-11-9(8-16(2)15-11)6-13-12-5-4-10(7-14-12)17(18)19/h4-5,7-8H,3,6H2,1-2H3,(H,13,14). The summed E-state index contributed by atoms with van der Waals surface area (Å²) in [4.78, 5) is 14.0. The Morgan fingerprint density at radius 2 is 2.26 bits per heavy atom. The highest BCUT2D eigenvalue weighted by Gasteiger charge is 2.07. The molecule has 7 nitrogen and oxygen atoms in total. The predicted molar refractivity (Wildman–Crippen MR) is 70.8 cm³/mol. The van der Waals surface area contributed by atoms with E-state index in [0.717, 1.165) is 17.7 Å². The highest BCUT2D eigenvalue weighted by atomic mass is 16.6. The Kier molecular flexibility index (Phi) is 3.74. The summed E-state index contributed by atoms with van der Waals surface area (Å²) in [5.41, 5.74) is 2.13. The predicted octanol–water partition coefficient (Wildman–Crippen LogP) is 1.90. The van der Waals surface area contributed by atoms with E-state index in [1.54, 1.807) is 10.7 Å². The number of hydrogen-bond acceptors (Lipinski definition) is 5. The maximum absolute atomic E-state index is 10.5. The Bertz CT molecular complexity index is 576. The van der Waals surface area contributed by atoms with Crippen LogP contribution in [0.3, 0.4) is 0 Å². The van der Waals surface area contributed by atoms with Gasteiger partial charge in [0, 0.05) is 31.4 Å². The van der Waals surface area contributed by atoms with Gasteiger partial charge in [0.25, 0.3) is 5.69 Å². The molecule has 0 saturated heterocycles. The van der Waals surface area contributed by atoms with Crippen LogP contribution in [0.1, 0.15) is 18.2 Å². The van der Waals surface area contributed by atoms with Gasteiger partial charge in [0.05, 0.1) is 10.6 Å². The van der Waals surface area contributed by atoms with Gasteiger partial charge >= 0.3 is 0 Å². The summed E-state index contributed by atoms with van der Waals surface area (Å²) in [7, 11) is 1.88. The number of rotatable bonds is 5. The van der Waals surface area contributed by atoms with Gasteiger partial charge in [-0.25, -0.2) is 4.98 Å². The number of nitrogens with one attached hydrogen (secondary N) is 1. The summed E-state index contributed by atoms with van der Waals surface area (Å²) >= 11 is 0. The monoisotopic (exact) mass is 261 g/mol. The molecule has 2 rings (SSSR count). The molecule has 2 heterocycles. The van der Waals surface area contributed by atoms with Crippen LogP contribution in [0.5, 0.6) is 0 Å². The molecule has 0 unspecified atom stereocenters. The van der Waals surface area contributed by atoms with Gasteiger partial charge in [-0.1, -0.05) is 6.92 Å². The summed E-state index contributed by atoms with van der Waals surface area (Å²) in [6.45, 7) is 2.65. The SMILES string of the molecule is CCc1nn(C)cc1CNc1ccc([N+](=O)[O-])cn1. The molecule has 0 aliphatic carbocycles. The molecule has 0 fully saturated rings. The van der Waals surface area contributed by atoms with Crippen LogP contribution in [0, 0.1) is 10.1 Å². The van der Waals surface area contributed by atoms with Crippen molar-refractivity contribution in [2.45, 2.75) is 19.9 Å². The lowest BCUT2D eigenvalue weighted by atomic mass is 10.2. The van der Waals surface area contributed by atoms with Crippen LogP contribution in [-0.2, 0) is 20.0 Å². The Balaban J connectivity index is 2.03. The molecule has 0 amide bonds. The normalized spacial score (nSPS) is 10.4. The van der Waals surface area contributed by atoms with Gasteiger partial charge in [-0.05, 0) is 12.5 Å². The van der Waals surface area contributed by atoms with Gasteiger partial charge < -0.3 is 5.32 Å². The molecule has 0 aliphatic heterocycles. The Morgan fingerprint density at radius 1 is 1.47 bits per heavy atom. The average molecular weight is 261 g/mol. The van der Waals surface area contributed by atoms with Crippen molar-refractivity contribution in [3.05, 3.63) is 45.9 Å². The second-order valence-electron chi connectivity index (χ2n) is 4.14. The van der Waals surface area contributed by atoms with Gasteiger partial charge in [-0.15, -0.1) is 0 Å². The Morgan fingerprint density at radius 3 is 2.84 bits per heavy atom. The molecule has 0 bridgehead atoms. The van der Waals surface area contributed by atoms with Crippen LogP contribution in [0.15, 0.2) is 24.5 Å². The molecule has 0 saturated carbocycles. The first kappa shape index (κ1) is 13.0. The van der Waals surface area contributed by atoms with Gasteiger partial charge in [0.1, 0.15) is 12.0 Å². The molecule has 7 heteroatoms. The lowest BCUT2D eigenvalue weighted by Gasteiger charge is -2.04. The topological polar surface area (TPSA) is 85.9 Å². The molecule has 1 N–H and O–H groups in total. The first-order valence-corrected chi connectivity index (χ1v) is 5.96. The van der Waals surface area contributed by atoms with Gasteiger partial charge in [0.2, 0.25) is 0 Å². The number of hydrogen-bond donors (Lipinski definition) is 1. The zero-order valence-corrected chi connectivity index (χ0v) is 10.8. The van der Waals surface area contributed by atoms with E-state index in [0.29, 0.717) is 12.4 Å². The second-order valence-corrected chi connectivity index (χ2v) is 4.14. The third kappa shape index (κ3) is 3.06. The van der Waals surface area contributed by atoms with Crippen molar-refractivity contribution in [3.8, 4) is 0 Å². The van der Waals surface area contributed by atoms with Crippen LogP contribution in [0.4, 0.5) is 11.5 Å². The zero-order chi connectivity index (χ0) is 13.8. The maximum Gasteiger partial charge on any atom is 0.287 e. The molecule has 0 atom stereocenters. The van der Waals surface area contributed by atoms with E-state index in [-0.39, 0.29) is 5.69 Å². The van der Waals surface area contributed by atoms with Crippen LogP contribution in [-0.4, -0.2) is 19.7 Å². The highest BCUT2D eigenvalue weighted by Crippen LogP contribution is 2.14. The fourth-order valence-electron chi connectivity index (χ4n) is 1.81. The van der Waals surface area contributed by atoms with Crippen molar-refractivity contribution in [1.82, 2.24) is 14.8 Å². The minimum absolute atomic E-state index is 0.0128. The number of aryl methyl sites for hydroxylation is 2. The van der Waals surface area contributed by atoms with Crippen molar-refractivity contribution in [2.75, 3.05) is 5.32 Å². The molecule has 19 heavy (non-hydrogen) atoms. The number of nitro groups is 1. The van der Waals surface area contributed by atoms with Gasteiger partial charge in [0.15, 0.2) is 0 Å². The van der Waals surface area contributed by atoms with Crippen LogP contribution in [0.25, 0.3) is 0 Å². The fourth-order valence-corrected chi connectivity index (χ4v) is 1.81. The van der Waals surface area contributed by atoms with Crippen LogP contribution < -0.4 is 5.32 Å². The Labute approximate surface area is 110 Å². The summed E-state index contributed by atoms with van der Waals surface area (Å²) in [5.74, 6) is 0.608. The van der Waals surface area contributed by atoms with E-state index < -0.39 is 4.92 Å². The molecular formula is C12H15N5O2. The van der Waals surface area contributed by atoms with Crippen molar-refractivity contribution >= 4 is 11.5 Å².